The molecule has 0 unspecified atom stereocenters. The summed E-state index contributed by atoms with van der Waals surface area (Å²) in [4.78, 5) is 11.7. The maximum absolute atomic E-state index is 10.1. The van der Waals surface area contributed by atoms with E-state index in [1.165, 1.54) is 6.07 Å². The van der Waals surface area contributed by atoms with Crippen molar-refractivity contribution in [3.05, 3.63) is 33.3 Å². The summed E-state index contributed by atoms with van der Waals surface area (Å²) in [6.07, 6.45) is 0. The van der Waals surface area contributed by atoms with Gasteiger partial charge in [0.2, 0.25) is 0 Å². The second-order valence-electron chi connectivity index (χ2n) is 4.28. The zero-order valence-electron chi connectivity index (χ0n) is 10.7. The van der Waals surface area contributed by atoms with Gasteiger partial charge in [0, 0.05) is 7.05 Å². The van der Waals surface area contributed by atoms with E-state index in [0.717, 1.165) is 0 Å². The van der Waals surface area contributed by atoms with Crippen molar-refractivity contribution >= 4 is 51.8 Å². The van der Waals surface area contributed by atoms with Gasteiger partial charge < -0.3 is 15.4 Å². The molecule has 0 radical (unpaired) electrons. The Morgan fingerprint density at radius 3 is 2.62 bits per heavy atom. The van der Waals surface area contributed by atoms with E-state index in [9.17, 15) is 5.11 Å². The van der Waals surface area contributed by atoms with Crippen molar-refractivity contribution in [2.24, 2.45) is 0 Å². The molecule has 0 atom stereocenters. The van der Waals surface area contributed by atoms with Gasteiger partial charge in [-0.25, -0.2) is 9.97 Å². The number of hydrogen-bond donors (Lipinski definition) is 3. The average Bonchev–Trinajstić information content (AvgIpc) is 2.87. The van der Waals surface area contributed by atoms with Crippen LogP contribution in [0.1, 0.15) is 0 Å². The van der Waals surface area contributed by atoms with Crippen molar-refractivity contribution in [1.29, 1.82) is 0 Å². The number of imidazole rings is 1. The van der Waals surface area contributed by atoms with E-state index in [1.807, 2.05) is 6.07 Å². The van der Waals surface area contributed by atoms with Crippen LogP contribution in [0.2, 0.25) is 15.1 Å². The normalized spacial score (nSPS) is 11.0. The van der Waals surface area contributed by atoms with Crippen molar-refractivity contribution in [3.63, 3.8) is 0 Å². The Kier molecular flexibility index (Phi) is 3.57. The molecule has 21 heavy (non-hydrogen) atoms. The van der Waals surface area contributed by atoms with Gasteiger partial charge in [0.25, 0.3) is 0 Å². The van der Waals surface area contributed by atoms with Gasteiger partial charge in [-0.1, -0.05) is 34.8 Å². The fraction of sp³-hybridized carbons (Fsp3) is 0.0769. The molecular formula is C13H9Cl3N4O. The number of phenols is 1. The van der Waals surface area contributed by atoms with Gasteiger partial charge in [0.1, 0.15) is 17.4 Å². The highest BCUT2D eigenvalue weighted by atomic mass is 35.5. The van der Waals surface area contributed by atoms with Crippen LogP contribution in [-0.4, -0.2) is 27.1 Å². The van der Waals surface area contributed by atoms with Crippen molar-refractivity contribution in [2.75, 3.05) is 12.4 Å². The van der Waals surface area contributed by atoms with E-state index < -0.39 is 0 Å². The largest absolute Gasteiger partial charge is 0.506 e. The number of aromatic hydroxyl groups is 1. The molecule has 2 heterocycles. The number of aromatic amines is 1. The summed E-state index contributed by atoms with van der Waals surface area (Å²) >= 11 is 18.1. The highest BCUT2D eigenvalue weighted by Crippen LogP contribution is 2.43. The third kappa shape index (κ3) is 2.37. The van der Waals surface area contributed by atoms with Crippen molar-refractivity contribution in [2.45, 2.75) is 0 Å². The van der Waals surface area contributed by atoms with E-state index >= 15 is 0 Å². The molecule has 0 spiro atoms. The van der Waals surface area contributed by atoms with Crippen molar-refractivity contribution in [1.82, 2.24) is 15.0 Å². The quantitative estimate of drug-likeness (QED) is 0.605. The van der Waals surface area contributed by atoms with Gasteiger partial charge in [-0.05, 0) is 18.2 Å². The standard InChI is InChI=1S/C13H9Cl3N4O/c1-17-8-3-2-7-12(19-8)20-13(18-7)9-10(16)5(14)4-6(15)11(9)21/h2-4,21H,1H3,(H2,17,18,19,20). The summed E-state index contributed by atoms with van der Waals surface area (Å²) in [5.41, 5.74) is 1.44. The van der Waals surface area contributed by atoms with Gasteiger partial charge in [-0.15, -0.1) is 0 Å². The van der Waals surface area contributed by atoms with Crippen LogP contribution in [0, 0.1) is 0 Å². The number of hydrogen-bond acceptors (Lipinski definition) is 4. The van der Waals surface area contributed by atoms with Gasteiger partial charge in [-0.3, -0.25) is 0 Å². The first kappa shape index (κ1) is 14.3. The molecule has 3 N–H and O–H groups in total. The number of rotatable bonds is 2. The Hall–Kier alpha value is -1.69. The van der Waals surface area contributed by atoms with Crippen LogP contribution in [0.3, 0.4) is 0 Å². The number of benzene rings is 1. The molecule has 108 valence electrons. The van der Waals surface area contributed by atoms with Gasteiger partial charge in [-0.2, -0.15) is 0 Å². The zero-order chi connectivity index (χ0) is 15.1. The third-order valence-electron chi connectivity index (χ3n) is 2.98. The number of halogens is 3. The summed E-state index contributed by atoms with van der Waals surface area (Å²) < 4.78 is 0. The smallest absolute Gasteiger partial charge is 0.180 e. The fourth-order valence-corrected chi connectivity index (χ4v) is 2.65. The molecule has 8 heteroatoms. The lowest BCUT2D eigenvalue weighted by atomic mass is 10.2. The lowest BCUT2D eigenvalue weighted by Crippen LogP contribution is -1.91. The minimum absolute atomic E-state index is 0.101. The highest BCUT2D eigenvalue weighted by Gasteiger charge is 2.19. The topological polar surface area (TPSA) is 73.8 Å². The Morgan fingerprint density at radius 1 is 1.14 bits per heavy atom. The maximum Gasteiger partial charge on any atom is 0.180 e. The van der Waals surface area contributed by atoms with Crippen LogP contribution in [0.15, 0.2) is 18.2 Å². The van der Waals surface area contributed by atoms with Crippen LogP contribution in [0.25, 0.3) is 22.6 Å². The molecule has 0 bridgehead atoms. The second kappa shape index (κ2) is 5.26. The molecule has 0 aliphatic heterocycles. The van der Waals surface area contributed by atoms with E-state index in [-0.39, 0.29) is 26.4 Å². The van der Waals surface area contributed by atoms with E-state index in [4.69, 9.17) is 34.8 Å². The number of phenolic OH excluding ortho intramolecular Hbond substituents is 1. The first-order chi connectivity index (χ1) is 10.0. The summed E-state index contributed by atoms with van der Waals surface area (Å²) in [7, 11) is 1.77. The molecule has 0 amide bonds. The molecule has 0 aliphatic carbocycles. The number of fused-ring (bicyclic) bond motifs is 1. The predicted molar refractivity (Wildman–Crippen MR) is 85.6 cm³/mol. The van der Waals surface area contributed by atoms with Crippen molar-refractivity contribution < 1.29 is 5.11 Å². The second-order valence-corrected chi connectivity index (χ2v) is 5.47. The number of H-pyrrole nitrogens is 1. The van der Waals surface area contributed by atoms with Gasteiger partial charge in [0.05, 0.1) is 26.1 Å². The van der Waals surface area contributed by atoms with Crippen molar-refractivity contribution in [3.8, 4) is 17.1 Å². The van der Waals surface area contributed by atoms with E-state index in [1.54, 1.807) is 13.1 Å². The lowest BCUT2D eigenvalue weighted by molar-refractivity contribution is 0.477. The van der Waals surface area contributed by atoms with Crippen LogP contribution < -0.4 is 5.32 Å². The van der Waals surface area contributed by atoms with E-state index in [0.29, 0.717) is 22.8 Å². The summed E-state index contributed by atoms with van der Waals surface area (Å²) in [6.45, 7) is 0. The minimum atomic E-state index is -0.182. The Morgan fingerprint density at radius 2 is 1.90 bits per heavy atom. The van der Waals surface area contributed by atoms with E-state index in [2.05, 4.69) is 20.3 Å². The molecule has 1 aromatic carbocycles. The molecule has 3 aromatic rings. The number of nitrogens with zero attached hydrogens (tertiary/aromatic N) is 2. The van der Waals surface area contributed by atoms with Gasteiger partial charge >= 0.3 is 0 Å². The number of aromatic nitrogens is 3. The Balaban J connectivity index is 2.26. The minimum Gasteiger partial charge on any atom is -0.506 e. The zero-order valence-corrected chi connectivity index (χ0v) is 13.0. The Labute approximate surface area is 134 Å². The molecule has 0 saturated heterocycles. The molecular weight excluding hydrogens is 335 g/mol. The molecule has 2 aromatic heterocycles. The van der Waals surface area contributed by atoms with Crippen LogP contribution in [-0.2, 0) is 0 Å². The lowest BCUT2D eigenvalue weighted by Gasteiger charge is -2.07. The first-order valence-electron chi connectivity index (χ1n) is 5.92. The number of nitrogens with one attached hydrogen (secondary N) is 2. The van der Waals surface area contributed by atoms with Gasteiger partial charge in [0.15, 0.2) is 5.65 Å². The number of anilines is 1. The molecule has 3 rings (SSSR count). The highest BCUT2D eigenvalue weighted by molar-refractivity contribution is 6.45. The molecule has 0 saturated carbocycles. The summed E-state index contributed by atoms with van der Waals surface area (Å²) in [6, 6.07) is 5.00. The SMILES string of the molecule is CNc1ccc2[nH]c(-c3c(O)c(Cl)cc(Cl)c3Cl)nc2n1. The monoisotopic (exact) mass is 342 g/mol. The Bertz CT molecular complexity index is 821. The molecule has 0 fully saturated rings. The predicted octanol–water partition coefficient (Wildman–Crippen LogP) is 4.33. The van der Waals surface area contributed by atoms with Crippen LogP contribution in [0.5, 0.6) is 5.75 Å². The first-order valence-corrected chi connectivity index (χ1v) is 7.06. The average molecular weight is 344 g/mol. The molecule has 5 nitrogen and oxygen atoms in total. The molecule has 0 aliphatic rings. The summed E-state index contributed by atoms with van der Waals surface area (Å²) in [5, 5.41) is 13.5. The maximum atomic E-state index is 10.1. The fourth-order valence-electron chi connectivity index (χ4n) is 1.95. The van der Waals surface area contributed by atoms with Crippen LogP contribution in [0.4, 0.5) is 5.82 Å². The summed E-state index contributed by atoms with van der Waals surface area (Å²) in [5.74, 6) is 0.844. The number of pyridine rings is 1. The third-order valence-corrected chi connectivity index (χ3v) is 4.06. The van der Waals surface area contributed by atoms with Crippen LogP contribution >= 0.6 is 34.8 Å².